The van der Waals surface area contributed by atoms with Crippen LogP contribution in [0, 0.1) is 0 Å². The van der Waals surface area contributed by atoms with Crippen LogP contribution in [0.25, 0.3) is 0 Å². The first-order valence-electron chi connectivity index (χ1n) is 6.89. The molecular formula is C15H21ClN2O. The minimum atomic E-state index is -0.0523. The zero-order valence-corrected chi connectivity index (χ0v) is 12.1. The maximum Gasteiger partial charge on any atom is 0.221 e. The van der Waals surface area contributed by atoms with Crippen LogP contribution in [-0.2, 0) is 4.79 Å². The zero-order valence-electron chi connectivity index (χ0n) is 11.4. The number of piperidine rings is 1. The number of halogens is 1. The molecule has 1 unspecified atom stereocenters. The van der Waals surface area contributed by atoms with E-state index in [0.717, 1.165) is 30.9 Å². The van der Waals surface area contributed by atoms with Gasteiger partial charge in [-0.3, -0.25) is 4.79 Å². The Kier molecular flexibility index (Phi) is 5.23. The van der Waals surface area contributed by atoms with Crippen LogP contribution in [0.4, 0.5) is 5.69 Å². The van der Waals surface area contributed by atoms with E-state index in [0.29, 0.717) is 0 Å². The van der Waals surface area contributed by atoms with E-state index in [-0.39, 0.29) is 11.3 Å². The van der Waals surface area contributed by atoms with Crippen LogP contribution >= 0.6 is 11.6 Å². The number of anilines is 1. The van der Waals surface area contributed by atoms with E-state index in [9.17, 15) is 4.79 Å². The highest BCUT2D eigenvalue weighted by Crippen LogP contribution is 2.24. The van der Waals surface area contributed by atoms with E-state index in [4.69, 9.17) is 11.6 Å². The first kappa shape index (κ1) is 14.4. The molecule has 1 aromatic carbocycles. The molecular weight excluding hydrogens is 260 g/mol. The monoisotopic (exact) mass is 280 g/mol. The summed E-state index contributed by atoms with van der Waals surface area (Å²) in [4.78, 5) is 13.4. The molecule has 1 heterocycles. The Labute approximate surface area is 119 Å². The molecule has 1 aliphatic rings. The van der Waals surface area contributed by atoms with Gasteiger partial charge < -0.3 is 10.2 Å². The summed E-state index contributed by atoms with van der Waals surface area (Å²) in [5.41, 5.74) is 1.93. The number of alkyl halides is 1. The van der Waals surface area contributed by atoms with Crippen molar-refractivity contribution in [1.29, 1.82) is 0 Å². The molecule has 3 nitrogen and oxygen atoms in total. The second kappa shape index (κ2) is 6.92. The van der Waals surface area contributed by atoms with Crippen molar-refractivity contribution in [2.24, 2.45) is 0 Å². The van der Waals surface area contributed by atoms with Gasteiger partial charge in [-0.15, -0.1) is 11.6 Å². The molecule has 1 fully saturated rings. The number of hydrogen-bond acceptors (Lipinski definition) is 2. The highest BCUT2D eigenvalue weighted by Gasteiger charge is 2.15. The van der Waals surface area contributed by atoms with E-state index in [1.165, 1.54) is 26.2 Å². The van der Waals surface area contributed by atoms with Crippen molar-refractivity contribution >= 4 is 23.2 Å². The normalized spacial score (nSPS) is 18.0. The minimum absolute atomic E-state index is 0.0180. The molecule has 1 atom stereocenters. The standard InChI is InChI=1S/C15H21ClN2O/c1-12(19)17-14-7-5-13(6-8-14)15(16)11-18-9-3-2-4-10-18/h5-8,15H,2-4,9-11H2,1H3,(H,17,19). The lowest BCUT2D eigenvalue weighted by Crippen LogP contribution is -2.32. The number of likely N-dealkylation sites (tertiary alicyclic amines) is 1. The van der Waals surface area contributed by atoms with E-state index >= 15 is 0 Å². The fourth-order valence-electron chi connectivity index (χ4n) is 2.45. The van der Waals surface area contributed by atoms with Gasteiger partial charge in [0.2, 0.25) is 5.91 Å². The highest BCUT2D eigenvalue weighted by molar-refractivity contribution is 6.21. The number of nitrogens with one attached hydrogen (secondary N) is 1. The van der Waals surface area contributed by atoms with Gasteiger partial charge in [0.15, 0.2) is 0 Å². The number of rotatable bonds is 4. The molecule has 0 aliphatic carbocycles. The molecule has 104 valence electrons. The Morgan fingerprint density at radius 2 is 1.89 bits per heavy atom. The van der Waals surface area contributed by atoms with Gasteiger partial charge in [0.05, 0.1) is 5.38 Å². The summed E-state index contributed by atoms with van der Waals surface area (Å²) in [5.74, 6) is -0.0523. The smallest absolute Gasteiger partial charge is 0.221 e. The fraction of sp³-hybridized carbons (Fsp3) is 0.533. The van der Waals surface area contributed by atoms with Gasteiger partial charge in [-0.1, -0.05) is 18.6 Å². The maximum atomic E-state index is 11.0. The summed E-state index contributed by atoms with van der Waals surface area (Å²) in [6.45, 7) is 4.73. The minimum Gasteiger partial charge on any atom is -0.326 e. The number of benzene rings is 1. The molecule has 1 N–H and O–H groups in total. The van der Waals surface area contributed by atoms with Gasteiger partial charge in [-0.05, 0) is 43.6 Å². The van der Waals surface area contributed by atoms with Crippen LogP contribution in [0.5, 0.6) is 0 Å². The fourth-order valence-corrected chi connectivity index (χ4v) is 2.79. The van der Waals surface area contributed by atoms with Gasteiger partial charge in [0.25, 0.3) is 0 Å². The van der Waals surface area contributed by atoms with E-state index < -0.39 is 0 Å². The van der Waals surface area contributed by atoms with Gasteiger partial charge in [-0.25, -0.2) is 0 Å². The third-order valence-corrected chi connectivity index (χ3v) is 3.85. The molecule has 2 rings (SSSR count). The quantitative estimate of drug-likeness (QED) is 0.857. The number of nitrogens with zero attached hydrogens (tertiary/aromatic N) is 1. The highest BCUT2D eigenvalue weighted by atomic mass is 35.5. The second-order valence-corrected chi connectivity index (χ2v) is 5.66. The summed E-state index contributed by atoms with van der Waals surface area (Å²) in [5, 5.41) is 2.78. The van der Waals surface area contributed by atoms with Gasteiger partial charge >= 0.3 is 0 Å². The van der Waals surface area contributed by atoms with Crippen molar-refractivity contribution in [1.82, 2.24) is 4.90 Å². The average molecular weight is 281 g/mol. The van der Waals surface area contributed by atoms with Crippen molar-refractivity contribution in [3.63, 3.8) is 0 Å². The molecule has 4 heteroatoms. The Balaban J connectivity index is 1.91. The first-order chi connectivity index (χ1) is 9.15. The van der Waals surface area contributed by atoms with Crippen molar-refractivity contribution in [2.45, 2.75) is 31.6 Å². The molecule has 19 heavy (non-hydrogen) atoms. The zero-order chi connectivity index (χ0) is 13.7. The number of amides is 1. The lowest BCUT2D eigenvalue weighted by molar-refractivity contribution is -0.114. The Morgan fingerprint density at radius 3 is 2.47 bits per heavy atom. The van der Waals surface area contributed by atoms with Gasteiger partial charge in [-0.2, -0.15) is 0 Å². The van der Waals surface area contributed by atoms with E-state index in [1.807, 2.05) is 24.3 Å². The summed E-state index contributed by atoms with van der Waals surface area (Å²) in [7, 11) is 0. The van der Waals surface area contributed by atoms with E-state index in [2.05, 4.69) is 10.2 Å². The average Bonchev–Trinajstić information content (AvgIpc) is 2.40. The molecule has 1 aromatic rings. The number of hydrogen-bond donors (Lipinski definition) is 1. The molecule has 1 amide bonds. The van der Waals surface area contributed by atoms with Crippen molar-refractivity contribution in [3.8, 4) is 0 Å². The van der Waals surface area contributed by atoms with Crippen LogP contribution in [0.3, 0.4) is 0 Å². The third-order valence-electron chi connectivity index (χ3n) is 3.46. The predicted octanol–water partition coefficient (Wildman–Crippen LogP) is 3.41. The molecule has 0 bridgehead atoms. The van der Waals surface area contributed by atoms with Gasteiger partial charge in [0, 0.05) is 19.2 Å². The molecule has 0 aromatic heterocycles. The molecule has 0 spiro atoms. The second-order valence-electron chi connectivity index (χ2n) is 5.13. The summed E-state index contributed by atoms with van der Waals surface area (Å²) < 4.78 is 0. The number of carbonyl (C=O) groups excluding carboxylic acids is 1. The Hall–Kier alpha value is -1.06. The van der Waals surface area contributed by atoms with Crippen molar-refractivity contribution in [3.05, 3.63) is 29.8 Å². The predicted molar refractivity (Wildman–Crippen MR) is 79.6 cm³/mol. The summed E-state index contributed by atoms with van der Waals surface area (Å²) in [6, 6.07) is 7.80. The number of carbonyl (C=O) groups is 1. The first-order valence-corrected chi connectivity index (χ1v) is 7.33. The lowest BCUT2D eigenvalue weighted by atomic mass is 10.1. The van der Waals surface area contributed by atoms with E-state index in [1.54, 1.807) is 0 Å². The summed E-state index contributed by atoms with van der Waals surface area (Å²) >= 11 is 6.47. The molecule has 0 saturated carbocycles. The summed E-state index contributed by atoms with van der Waals surface area (Å²) in [6.07, 6.45) is 3.91. The third kappa shape index (κ3) is 4.51. The van der Waals surface area contributed by atoms with Crippen LogP contribution in [-0.4, -0.2) is 30.4 Å². The largest absolute Gasteiger partial charge is 0.326 e. The van der Waals surface area contributed by atoms with Gasteiger partial charge in [0.1, 0.15) is 0 Å². The topological polar surface area (TPSA) is 32.3 Å². The molecule has 1 aliphatic heterocycles. The van der Waals surface area contributed by atoms with Crippen LogP contribution in [0.15, 0.2) is 24.3 Å². The lowest BCUT2D eigenvalue weighted by Gasteiger charge is -2.28. The maximum absolute atomic E-state index is 11.0. The van der Waals surface area contributed by atoms with Crippen LogP contribution in [0.1, 0.15) is 37.1 Å². The van der Waals surface area contributed by atoms with Crippen molar-refractivity contribution < 1.29 is 4.79 Å². The SMILES string of the molecule is CC(=O)Nc1ccc(C(Cl)CN2CCCCC2)cc1. The molecule has 1 saturated heterocycles. The van der Waals surface area contributed by atoms with Crippen molar-refractivity contribution in [2.75, 3.05) is 25.0 Å². The Morgan fingerprint density at radius 1 is 1.26 bits per heavy atom. The Bertz CT molecular complexity index is 413. The van der Waals surface area contributed by atoms with Crippen LogP contribution < -0.4 is 5.32 Å². The van der Waals surface area contributed by atoms with Crippen LogP contribution in [0.2, 0.25) is 0 Å². The molecule has 0 radical (unpaired) electrons.